The lowest BCUT2D eigenvalue weighted by Gasteiger charge is -2.27. The van der Waals surface area contributed by atoms with Crippen molar-refractivity contribution in [1.29, 1.82) is 0 Å². The standard InChI is InChI=1S/C20H24N4O4/c1-4-23(14(2)16-6-5-7-19(12-16)24(27)28)13-20(26)22-18-10-8-17(9-11-18)21-15(3)25/h5-12,14H,4,13H2,1-3H3,(H,21,25)(H,22,26)/t14-/m1/s1. The molecular weight excluding hydrogens is 360 g/mol. The Morgan fingerprint density at radius 2 is 1.71 bits per heavy atom. The SMILES string of the molecule is CCN(CC(=O)Nc1ccc(NC(C)=O)cc1)[C@H](C)c1cccc([N+](=O)[O-])c1. The first-order valence-corrected chi connectivity index (χ1v) is 8.96. The highest BCUT2D eigenvalue weighted by Gasteiger charge is 2.19. The van der Waals surface area contributed by atoms with Crippen molar-refractivity contribution in [2.45, 2.75) is 26.8 Å². The third-order valence-electron chi connectivity index (χ3n) is 4.35. The van der Waals surface area contributed by atoms with Crippen LogP contribution < -0.4 is 10.6 Å². The monoisotopic (exact) mass is 384 g/mol. The van der Waals surface area contributed by atoms with Gasteiger partial charge in [0.15, 0.2) is 0 Å². The summed E-state index contributed by atoms with van der Waals surface area (Å²) in [6.45, 7) is 6.03. The van der Waals surface area contributed by atoms with Crippen molar-refractivity contribution in [3.05, 3.63) is 64.2 Å². The summed E-state index contributed by atoms with van der Waals surface area (Å²) in [4.78, 5) is 36.0. The number of rotatable bonds is 8. The van der Waals surface area contributed by atoms with Gasteiger partial charge in [0.1, 0.15) is 0 Å². The lowest BCUT2D eigenvalue weighted by atomic mass is 10.1. The number of hydrogen-bond acceptors (Lipinski definition) is 5. The van der Waals surface area contributed by atoms with E-state index in [1.54, 1.807) is 30.3 Å². The van der Waals surface area contributed by atoms with Crippen LogP contribution in [0.25, 0.3) is 0 Å². The fourth-order valence-electron chi connectivity index (χ4n) is 2.86. The van der Waals surface area contributed by atoms with E-state index < -0.39 is 4.92 Å². The molecule has 8 heteroatoms. The molecule has 2 aromatic rings. The molecule has 0 aromatic heterocycles. The minimum atomic E-state index is -0.427. The van der Waals surface area contributed by atoms with Gasteiger partial charge in [0.2, 0.25) is 11.8 Å². The van der Waals surface area contributed by atoms with Crippen LogP contribution in [-0.2, 0) is 9.59 Å². The molecule has 28 heavy (non-hydrogen) atoms. The Morgan fingerprint density at radius 3 is 2.25 bits per heavy atom. The van der Waals surface area contributed by atoms with E-state index in [4.69, 9.17) is 0 Å². The lowest BCUT2D eigenvalue weighted by Crippen LogP contribution is -2.35. The fraction of sp³-hybridized carbons (Fsp3) is 0.300. The Balaban J connectivity index is 2.01. The highest BCUT2D eigenvalue weighted by molar-refractivity contribution is 5.93. The smallest absolute Gasteiger partial charge is 0.269 e. The van der Waals surface area contributed by atoms with Crippen molar-refractivity contribution in [3.63, 3.8) is 0 Å². The summed E-state index contributed by atoms with van der Waals surface area (Å²) in [7, 11) is 0. The minimum absolute atomic E-state index is 0.0316. The average Bonchev–Trinajstić information content (AvgIpc) is 2.66. The summed E-state index contributed by atoms with van der Waals surface area (Å²) in [6, 6.07) is 13.1. The first kappa shape index (κ1) is 21.0. The number of likely N-dealkylation sites (N-methyl/N-ethyl adjacent to an activating group) is 1. The summed E-state index contributed by atoms with van der Waals surface area (Å²) in [5, 5.41) is 16.5. The van der Waals surface area contributed by atoms with Gasteiger partial charge in [-0.1, -0.05) is 19.1 Å². The number of anilines is 2. The number of carbonyl (C=O) groups excluding carboxylic acids is 2. The molecular formula is C20H24N4O4. The molecule has 0 saturated heterocycles. The molecule has 2 aromatic carbocycles. The van der Waals surface area contributed by atoms with E-state index in [0.717, 1.165) is 5.56 Å². The topological polar surface area (TPSA) is 105 Å². The van der Waals surface area contributed by atoms with Crippen molar-refractivity contribution in [2.75, 3.05) is 23.7 Å². The molecule has 8 nitrogen and oxygen atoms in total. The van der Waals surface area contributed by atoms with Gasteiger partial charge in [-0.05, 0) is 43.3 Å². The van der Waals surface area contributed by atoms with Crippen molar-refractivity contribution in [3.8, 4) is 0 Å². The van der Waals surface area contributed by atoms with Gasteiger partial charge in [0, 0.05) is 36.5 Å². The molecule has 0 fully saturated rings. The van der Waals surface area contributed by atoms with E-state index in [2.05, 4.69) is 10.6 Å². The number of carbonyl (C=O) groups is 2. The number of nitrogens with zero attached hydrogens (tertiary/aromatic N) is 2. The van der Waals surface area contributed by atoms with Crippen LogP contribution in [0.5, 0.6) is 0 Å². The van der Waals surface area contributed by atoms with Crippen LogP contribution in [0.4, 0.5) is 17.1 Å². The third-order valence-corrected chi connectivity index (χ3v) is 4.35. The van der Waals surface area contributed by atoms with Crippen LogP contribution in [0.15, 0.2) is 48.5 Å². The second-order valence-electron chi connectivity index (χ2n) is 6.40. The number of benzene rings is 2. The molecule has 0 unspecified atom stereocenters. The molecule has 0 saturated carbocycles. The fourth-order valence-corrected chi connectivity index (χ4v) is 2.86. The molecule has 0 aliphatic rings. The first-order chi connectivity index (χ1) is 13.3. The van der Waals surface area contributed by atoms with Crippen LogP contribution in [0.2, 0.25) is 0 Å². The van der Waals surface area contributed by atoms with Crippen LogP contribution >= 0.6 is 0 Å². The maximum Gasteiger partial charge on any atom is 0.269 e. The summed E-state index contributed by atoms with van der Waals surface area (Å²) < 4.78 is 0. The lowest BCUT2D eigenvalue weighted by molar-refractivity contribution is -0.384. The van der Waals surface area contributed by atoms with Gasteiger partial charge < -0.3 is 10.6 Å². The quantitative estimate of drug-likeness (QED) is 0.535. The van der Waals surface area contributed by atoms with E-state index in [1.165, 1.54) is 19.1 Å². The maximum atomic E-state index is 12.4. The molecule has 2 rings (SSSR count). The van der Waals surface area contributed by atoms with Crippen molar-refractivity contribution in [2.24, 2.45) is 0 Å². The molecule has 0 heterocycles. The second kappa shape index (κ2) is 9.61. The Morgan fingerprint density at radius 1 is 1.11 bits per heavy atom. The predicted octanol–water partition coefficient (Wildman–Crippen LogP) is 3.57. The Bertz CT molecular complexity index is 852. The normalized spacial score (nSPS) is 11.7. The Kier molecular flexibility index (Phi) is 7.22. The average molecular weight is 384 g/mol. The van der Waals surface area contributed by atoms with Crippen molar-refractivity contribution in [1.82, 2.24) is 4.90 Å². The van der Waals surface area contributed by atoms with Gasteiger partial charge in [-0.25, -0.2) is 0 Å². The van der Waals surface area contributed by atoms with Crippen LogP contribution in [0.1, 0.15) is 32.4 Å². The highest BCUT2D eigenvalue weighted by atomic mass is 16.6. The molecule has 0 bridgehead atoms. The molecule has 0 spiro atoms. The molecule has 0 aliphatic heterocycles. The maximum absolute atomic E-state index is 12.4. The number of nitro groups is 1. The van der Waals surface area contributed by atoms with Gasteiger partial charge in [0.25, 0.3) is 5.69 Å². The molecule has 148 valence electrons. The van der Waals surface area contributed by atoms with Crippen LogP contribution in [-0.4, -0.2) is 34.7 Å². The number of nitrogens with one attached hydrogen (secondary N) is 2. The molecule has 2 amide bonds. The summed E-state index contributed by atoms with van der Waals surface area (Å²) in [5.41, 5.74) is 2.09. The number of amides is 2. The van der Waals surface area contributed by atoms with Crippen LogP contribution in [0, 0.1) is 10.1 Å². The van der Waals surface area contributed by atoms with E-state index in [-0.39, 0.29) is 30.1 Å². The number of hydrogen-bond donors (Lipinski definition) is 2. The van der Waals surface area contributed by atoms with E-state index in [0.29, 0.717) is 17.9 Å². The molecule has 1 atom stereocenters. The van der Waals surface area contributed by atoms with Crippen molar-refractivity contribution >= 4 is 28.9 Å². The zero-order valence-corrected chi connectivity index (χ0v) is 16.1. The largest absolute Gasteiger partial charge is 0.326 e. The highest BCUT2D eigenvalue weighted by Crippen LogP contribution is 2.24. The predicted molar refractivity (Wildman–Crippen MR) is 108 cm³/mol. The second-order valence-corrected chi connectivity index (χ2v) is 6.40. The van der Waals surface area contributed by atoms with E-state index in [1.807, 2.05) is 24.8 Å². The summed E-state index contributed by atoms with van der Waals surface area (Å²) in [6.07, 6.45) is 0. The van der Waals surface area contributed by atoms with E-state index >= 15 is 0 Å². The van der Waals surface area contributed by atoms with Gasteiger partial charge in [-0.15, -0.1) is 0 Å². The third kappa shape index (κ3) is 5.88. The van der Waals surface area contributed by atoms with Crippen molar-refractivity contribution < 1.29 is 14.5 Å². The van der Waals surface area contributed by atoms with Gasteiger partial charge in [-0.2, -0.15) is 0 Å². The zero-order chi connectivity index (χ0) is 20.7. The zero-order valence-electron chi connectivity index (χ0n) is 16.1. The number of nitro benzene ring substituents is 1. The molecule has 0 aliphatic carbocycles. The summed E-state index contributed by atoms with van der Waals surface area (Å²) in [5.74, 6) is -0.350. The molecule has 0 radical (unpaired) electrons. The van der Waals surface area contributed by atoms with E-state index in [9.17, 15) is 19.7 Å². The minimum Gasteiger partial charge on any atom is -0.326 e. The van der Waals surface area contributed by atoms with Crippen LogP contribution in [0.3, 0.4) is 0 Å². The Hall–Kier alpha value is -3.26. The summed E-state index contributed by atoms with van der Waals surface area (Å²) >= 11 is 0. The first-order valence-electron chi connectivity index (χ1n) is 8.96. The van der Waals surface area contributed by atoms with Gasteiger partial charge >= 0.3 is 0 Å². The molecule has 2 N–H and O–H groups in total. The van der Waals surface area contributed by atoms with Gasteiger partial charge in [-0.3, -0.25) is 24.6 Å². The number of non-ortho nitro benzene ring substituents is 1. The Labute approximate surface area is 163 Å². The van der Waals surface area contributed by atoms with Gasteiger partial charge in [0.05, 0.1) is 11.5 Å².